The van der Waals surface area contributed by atoms with Crippen LogP contribution in [0.2, 0.25) is 0 Å². The Morgan fingerprint density at radius 2 is 1.52 bits per heavy atom. The standard InChI is InChI=1S/C20H30N2S/c1-4-6-8-14-22(15-9-7-5-2)20-21-19(16-23-20)18-12-10-17(3)11-13-18/h10-13,16H,4-9,14-15H2,1-3H3. The molecule has 0 fully saturated rings. The molecule has 0 saturated heterocycles. The molecule has 0 radical (unpaired) electrons. The van der Waals surface area contributed by atoms with Crippen molar-refractivity contribution in [2.75, 3.05) is 18.0 Å². The summed E-state index contributed by atoms with van der Waals surface area (Å²) < 4.78 is 0. The second-order valence-corrected chi connectivity index (χ2v) is 7.12. The van der Waals surface area contributed by atoms with Crippen LogP contribution in [0.15, 0.2) is 29.6 Å². The third kappa shape index (κ3) is 5.65. The van der Waals surface area contributed by atoms with E-state index in [4.69, 9.17) is 4.98 Å². The van der Waals surface area contributed by atoms with Gasteiger partial charge in [-0.1, -0.05) is 69.4 Å². The van der Waals surface area contributed by atoms with Crippen molar-refractivity contribution < 1.29 is 0 Å². The lowest BCUT2D eigenvalue weighted by Crippen LogP contribution is -2.25. The minimum atomic E-state index is 1.11. The van der Waals surface area contributed by atoms with Gasteiger partial charge in [-0.2, -0.15) is 0 Å². The summed E-state index contributed by atoms with van der Waals surface area (Å²) in [4.78, 5) is 7.41. The van der Waals surface area contributed by atoms with E-state index in [9.17, 15) is 0 Å². The van der Waals surface area contributed by atoms with Gasteiger partial charge >= 0.3 is 0 Å². The number of hydrogen-bond donors (Lipinski definition) is 0. The van der Waals surface area contributed by atoms with Gasteiger partial charge in [0.1, 0.15) is 0 Å². The van der Waals surface area contributed by atoms with E-state index >= 15 is 0 Å². The van der Waals surface area contributed by atoms with Crippen molar-refractivity contribution in [2.24, 2.45) is 0 Å². The maximum atomic E-state index is 4.91. The van der Waals surface area contributed by atoms with Crippen molar-refractivity contribution >= 4 is 16.5 Å². The van der Waals surface area contributed by atoms with E-state index < -0.39 is 0 Å². The number of rotatable bonds is 10. The smallest absolute Gasteiger partial charge is 0.185 e. The van der Waals surface area contributed by atoms with Gasteiger partial charge in [-0.3, -0.25) is 0 Å². The number of benzene rings is 1. The minimum Gasteiger partial charge on any atom is -0.348 e. The molecule has 126 valence electrons. The third-order valence-electron chi connectivity index (χ3n) is 4.17. The summed E-state index contributed by atoms with van der Waals surface area (Å²) >= 11 is 1.79. The summed E-state index contributed by atoms with van der Waals surface area (Å²) in [6.07, 6.45) is 7.69. The molecule has 0 aliphatic heterocycles. The van der Waals surface area contributed by atoms with Gasteiger partial charge < -0.3 is 4.90 Å². The molecule has 0 amide bonds. The predicted octanol–water partition coefficient (Wildman–Crippen LogP) is 6.31. The SMILES string of the molecule is CCCCCN(CCCCC)c1nc(-c2ccc(C)cc2)cs1. The lowest BCUT2D eigenvalue weighted by molar-refractivity contribution is 0.635. The Hall–Kier alpha value is -1.35. The van der Waals surface area contributed by atoms with E-state index in [-0.39, 0.29) is 0 Å². The molecule has 1 aromatic heterocycles. The third-order valence-corrected chi connectivity index (χ3v) is 5.07. The summed E-state index contributed by atoms with van der Waals surface area (Å²) in [5.41, 5.74) is 3.63. The van der Waals surface area contributed by atoms with Gasteiger partial charge in [-0.05, 0) is 19.8 Å². The molecule has 2 aromatic rings. The number of aromatic nitrogens is 1. The molecule has 1 heterocycles. The average molecular weight is 331 g/mol. The normalized spacial score (nSPS) is 10.9. The number of unbranched alkanes of at least 4 members (excludes halogenated alkanes) is 4. The number of hydrogen-bond acceptors (Lipinski definition) is 3. The summed E-state index contributed by atoms with van der Waals surface area (Å²) in [5, 5.41) is 3.39. The first-order valence-electron chi connectivity index (χ1n) is 9.02. The van der Waals surface area contributed by atoms with Gasteiger partial charge in [-0.25, -0.2) is 4.98 Å². The second-order valence-electron chi connectivity index (χ2n) is 6.28. The van der Waals surface area contributed by atoms with Crippen LogP contribution in [0.25, 0.3) is 11.3 Å². The van der Waals surface area contributed by atoms with Gasteiger partial charge in [-0.15, -0.1) is 11.3 Å². The van der Waals surface area contributed by atoms with E-state index in [1.54, 1.807) is 11.3 Å². The van der Waals surface area contributed by atoms with Crippen LogP contribution < -0.4 is 4.90 Å². The zero-order valence-electron chi connectivity index (χ0n) is 14.8. The number of aryl methyl sites for hydroxylation is 1. The molecule has 0 spiro atoms. The molecular weight excluding hydrogens is 300 g/mol. The largest absolute Gasteiger partial charge is 0.348 e. The fourth-order valence-corrected chi connectivity index (χ4v) is 3.56. The van der Waals surface area contributed by atoms with Crippen molar-refractivity contribution in [3.63, 3.8) is 0 Å². The Bertz CT molecular complexity index is 549. The van der Waals surface area contributed by atoms with Crippen LogP contribution in [0.4, 0.5) is 5.13 Å². The second kappa shape index (κ2) is 9.71. The summed E-state index contributed by atoms with van der Waals surface area (Å²) in [7, 11) is 0. The topological polar surface area (TPSA) is 16.1 Å². The highest BCUT2D eigenvalue weighted by Crippen LogP contribution is 2.28. The summed E-state index contributed by atoms with van der Waals surface area (Å²) in [5.74, 6) is 0. The Labute approximate surface area is 145 Å². The molecule has 0 aliphatic rings. The molecular formula is C20H30N2S. The van der Waals surface area contributed by atoms with E-state index in [2.05, 4.69) is 55.3 Å². The fraction of sp³-hybridized carbons (Fsp3) is 0.550. The maximum absolute atomic E-state index is 4.91. The van der Waals surface area contributed by atoms with Crippen LogP contribution >= 0.6 is 11.3 Å². The van der Waals surface area contributed by atoms with Crippen LogP contribution in [0.3, 0.4) is 0 Å². The van der Waals surface area contributed by atoms with Crippen LogP contribution in [-0.4, -0.2) is 18.1 Å². The first-order valence-corrected chi connectivity index (χ1v) is 9.90. The highest BCUT2D eigenvalue weighted by molar-refractivity contribution is 7.14. The molecule has 0 unspecified atom stereocenters. The van der Waals surface area contributed by atoms with Gasteiger partial charge in [0.05, 0.1) is 5.69 Å². The van der Waals surface area contributed by atoms with E-state index in [0.29, 0.717) is 0 Å². The predicted molar refractivity (Wildman–Crippen MR) is 104 cm³/mol. The van der Waals surface area contributed by atoms with Crippen LogP contribution in [0, 0.1) is 6.92 Å². The fourth-order valence-electron chi connectivity index (χ4n) is 2.67. The van der Waals surface area contributed by atoms with E-state index in [1.807, 2.05) is 0 Å². The first-order chi connectivity index (χ1) is 11.2. The molecule has 0 bridgehead atoms. The zero-order valence-corrected chi connectivity index (χ0v) is 15.7. The monoisotopic (exact) mass is 330 g/mol. The van der Waals surface area contributed by atoms with E-state index in [1.165, 1.54) is 54.8 Å². The lowest BCUT2D eigenvalue weighted by Gasteiger charge is -2.21. The molecule has 2 rings (SSSR count). The minimum absolute atomic E-state index is 1.11. The highest BCUT2D eigenvalue weighted by Gasteiger charge is 2.11. The maximum Gasteiger partial charge on any atom is 0.185 e. The van der Waals surface area contributed by atoms with Crippen molar-refractivity contribution in [1.29, 1.82) is 0 Å². The lowest BCUT2D eigenvalue weighted by atomic mass is 10.1. The zero-order chi connectivity index (χ0) is 16.5. The van der Waals surface area contributed by atoms with Gasteiger partial charge in [0.2, 0.25) is 0 Å². The molecule has 23 heavy (non-hydrogen) atoms. The van der Waals surface area contributed by atoms with Gasteiger partial charge in [0.25, 0.3) is 0 Å². The Balaban J connectivity index is 2.06. The van der Waals surface area contributed by atoms with Gasteiger partial charge in [0, 0.05) is 24.0 Å². The highest BCUT2D eigenvalue weighted by atomic mass is 32.1. The Morgan fingerprint density at radius 1 is 0.913 bits per heavy atom. The van der Waals surface area contributed by atoms with Crippen LogP contribution in [0.5, 0.6) is 0 Å². The molecule has 0 atom stereocenters. The van der Waals surface area contributed by atoms with Crippen molar-refractivity contribution in [3.8, 4) is 11.3 Å². The Morgan fingerprint density at radius 3 is 2.09 bits per heavy atom. The first kappa shape index (κ1) is 18.0. The summed E-state index contributed by atoms with van der Waals surface area (Å²) in [6.45, 7) is 8.93. The van der Waals surface area contributed by atoms with Crippen molar-refractivity contribution in [1.82, 2.24) is 4.98 Å². The number of anilines is 1. The Kier molecular flexibility index (Phi) is 7.60. The molecule has 0 aliphatic carbocycles. The molecule has 3 heteroatoms. The van der Waals surface area contributed by atoms with Gasteiger partial charge in [0.15, 0.2) is 5.13 Å². The number of nitrogens with zero attached hydrogens (tertiary/aromatic N) is 2. The average Bonchev–Trinajstić information content (AvgIpc) is 3.04. The molecule has 0 N–H and O–H groups in total. The van der Waals surface area contributed by atoms with Crippen LogP contribution in [-0.2, 0) is 0 Å². The molecule has 1 aromatic carbocycles. The molecule has 2 nitrogen and oxygen atoms in total. The van der Waals surface area contributed by atoms with Crippen molar-refractivity contribution in [3.05, 3.63) is 35.2 Å². The number of thiazole rings is 1. The van der Waals surface area contributed by atoms with Crippen LogP contribution in [0.1, 0.15) is 57.9 Å². The summed E-state index contributed by atoms with van der Waals surface area (Å²) in [6, 6.07) is 8.67. The van der Waals surface area contributed by atoms with E-state index in [0.717, 1.165) is 18.8 Å². The molecule has 0 saturated carbocycles. The van der Waals surface area contributed by atoms with Crippen molar-refractivity contribution in [2.45, 2.75) is 59.3 Å². The quantitative estimate of drug-likeness (QED) is 0.475.